The molecular weight excluding hydrogens is 1250 g/mol. The minimum absolute atomic E-state index is 0.0885. The Morgan fingerprint density at radius 3 is 1.87 bits per heavy atom. The van der Waals surface area contributed by atoms with Crippen LogP contribution in [0.3, 0.4) is 0 Å². The standard InChI is InChI=1S/C63H102O31/c1-24-35(69)40(74)47(92-52-45(79)41(75)46(25(2)88-52)91-51-43(77)38(72)31(20-85-51)90-55-48(80)62(82,22-65)23-86-55)54(87-24)94-56(81)63-14-13-57(3,4)15-27(63)26-9-10-33-58(5)16-28(66)49(59(6,21-64)32(58)11-12-60(33,7)61(26,8)17-34(63)68)93-53-44(78)39(73)37(71)30(89-53)19-84-50-42(76)36(70)29(67)18-83-50/h9,24-25,27-55,64-80,82H,10-23H2,1-8H3/t24-,25+,27+,28+,29+,30-,31-,32-,33-,34-,35+,36+,37-,38+,39+,40+,41+,42-,43-,44-,45-,46+,47-,48+,49+,50+,51+,52+,53+,54+,55+,58+,59+,60-,61-,62-,63-/m1/s1. The molecule has 18 N–H and O–H groups in total. The van der Waals surface area contributed by atoms with Gasteiger partial charge in [0.25, 0.3) is 0 Å². The van der Waals surface area contributed by atoms with E-state index >= 15 is 4.79 Å². The zero-order valence-corrected chi connectivity index (χ0v) is 54.2. The molecular formula is C63H102O31. The first-order chi connectivity index (χ1) is 44.0. The molecule has 31 heteroatoms. The van der Waals surface area contributed by atoms with Crippen molar-refractivity contribution in [2.75, 3.05) is 39.6 Å². The Labute approximate surface area is 543 Å². The third kappa shape index (κ3) is 12.1. The summed E-state index contributed by atoms with van der Waals surface area (Å²) in [6.07, 6.45) is -39.8. The molecule has 0 bridgehead atoms. The van der Waals surface area contributed by atoms with Crippen LogP contribution in [0.5, 0.6) is 0 Å². The highest BCUT2D eigenvalue weighted by atomic mass is 16.8. The topological polar surface area (TPSA) is 492 Å². The number of hydrogen-bond acceptors (Lipinski definition) is 31. The maximum absolute atomic E-state index is 15.6. The largest absolute Gasteiger partial charge is 0.432 e. The highest BCUT2D eigenvalue weighted by Gasteiger charge is 2.73. The lowest BCUT2D eigenvalue weighted by Gasteiger charge is -2.72. The van der Waals surface area contributed by atoms with Crippen molar-refractivity contribution in [1.29, 1.82) is 0 Å². The minimum atomic E-state index is -2.03. The van der Waals surface area contributed by atoms with Gasteiger partial charge >= 0.3 is 5.97 Å². The second-order valence-corrected chi connectivity index (χ2v) is 30.8. The summed E-state index contributed by atoms with van der Waals surface area (Å²) in [4.78, 5) is 15.6. The van der Waals surface area contributed by atoms with E-state index in [0.717, 1.165) is 5.57 Å². The number of hydrogen-bond donors (Lipinski definition) is 18. The average molecular weight is 1360 g/mol. The maximum atomic E-state index is 15.6. The molecule has 0 spiro atoms. The van der Waals surface area contributed by atoms with Gasteiger partial charge in [0.15, 0.2) is 37.6 Å². The molecule has 540 valence electrons. The summed E-state index contributed by atoms with van der Waals surface area (Å²) in [5.74, 6) is -2.03. The molecule has 5 aliphatic carbocycles. The molecule has 0 amide bonds. The highest BCUT2D eigenvalue weighted by Crippen LogP contribution is 2.76. The van der Waals surface area contributed by atoms with Crippen molar-refractivity contribution in [3.05, 3.63) is 11.6 Å². The average Bonchev–Trinajstić information content (AvgIpc) is 0.715. The van der Waals surface area contributed by atoms with Crippen molar-refractivity contribution in [2.24, 2.45) is 50.2 Å². The summed E-state index contributed by atoms with van der Waals surface area (Å²) < 4.78 is 70.4. The van der Waals surface area contributed by atoms with Crippen LogP contribution in [-0.4, -0.2) is 315 Å². The number of aliphatic hydroxyl groups excluding tert-OH is 17. The van der Waals surface area contributed by atoms with E-state index in [9.17, 15) is 91.9 Å². The van der Waals surface area contributed by atoms with Crippen LogP contribution < -0.4 is 0 Å². The van der Waals surface area contributed by atoms with Crippen LogP contribution in [0.2, 0.25) is 0 Å². The molecule has 6 heterocycles. The molecule has 11 rings (SSSR count). The SMILES string of the molecule is C[C@@H]1O[C@@H](O[C@H]2[C@H](OC(=O)[C@]34CCC(C)(C)C[C@H]3C3=CC[C@@H]5[C@@]6(C)C[C@H](O)[C@H](O[C@@H]7O[C@H](CO[C@@H]8OC[C@H](O)[C@H](O)[C@H]8O)[C@@H](O)[C@H](O)[C@H]7O)[C@@](C)(CO)[C@@H]6CC[C@@]5(C)[C@]3(C)C[C@H]4O)O[C@H](C)[C@H](O)[C@@H]2O)[C@H](O)[C@H](O)[C@H]1O[C@@H]1OC[C@@H](O[C@@H]2OC[C@](O)(CO)[C@H]2O)[C@H](O)[C@H]1O. The van der Waals surface area contributed by atoms with Crippen LogP contribution in [0.15, 0.2) is 11.6 Å². The summed E-state index contributed by atoms with van der Waals surface area (Å²) in [6, 6.07) is 0. The van der Waals surface area contributed by atoms with Crippen LogP contribution >= 0.6 is 0 Å². The van der Waals surface area contributed by atoms with E-state index in [-0.39, 0.29) is 43.1 Å². The van der Waals surface area contributed by atoms with Crippen molar-refractivity contribution in [3.63, 3.8) is 0 Å². The fourth-order valence-electron chi connectivity index (χ4n) is 18.7. The third-order valence-electron chi connectivity index (χ3n) is 24.6. The van der Waals surface area contributed by atoms with Crippen LogP contribution in [0.4, 0.5) is 0 Å². The fourth-order valence-corrected chi connectivity index (χ4v) is 18.7. The van der Waals surface area contributed by atoms with Crippen molar-refractivity contribution < 1.29 is 154 Å². The molecule has 0 aromatic rings. The maximum Gasteiger partial charge on any atom is 0.317 e. The van der Waals surface area contributed by atoms with Gasteiger partial charge in [0.2, 0.25) is 6.29 Å². The molecule has 0 radical (unpaired) electrons. The molecule has 0 aromatic carbocycles. The predicted octanol–water partition coefficient (Wildman–Crippen LogP) is -5.50. The van der Waals surface area contributed by atoms with Crippen LogP contribution in [0.25, 0.3) is 0 Å². The molecule has 6 saturated heterocycles. The van der Waals surface area contributed by atoms with Crippen molar-refractivity contribution >= 4 is 5.97 Å². The number of ether oxygens (including phenoxy) is 12. The smallest absolute Gasteiger partial charge is 0.317 e. The molecule has 0 unspecified atom stereocenters. The van der Waals surface area contributed by atoms with Gasteiger partial charge in [0, 0.05) is 5.41 Å². The molecule has 10 fully saturated rings. The number of carbonyl (C=O) groups excluding carboxylic acids is 1. The van der Waals surface area contributed by atoms with Gasteiger partial charge in [-0.05, 0) is 105 Å². The zero-order chi connectivity index (χ0) is 68.6. The van der Waals surface area contributed by atoms with Gasteiger partial charge in [-0.25, -0.2) is 0 Å². The Hall–Kier alpha value is -1.95. The number of rotatable bonds is 15. The first-order valence-electron chi connectivity index (χ1n) is 33.1. The van der Waals surface area contributed by atoms with Gasteiger partial charge in [-0.2, -0.15) is 0 Å². The molecule has 6 aliphatic heterocycles. The minimum Gasteiger partial charge on any atom is -0.432 e. The number of esters is 1. The van der Waals surface area contributed by atoms with Gasteiger partial charge < -0.3 is 149 Å². The lowest BCUT2D eigenvalue weighted by molar-refractivity contribution is -0.375. The quantitative estimate of drug-likeness (QED) is 0.0413. The van der Waals surface area contributed by atoms with E-state index < -0.39 is 250 Å². The molecule has 31 nitrogen and oxygen atoms in total. The Morgan fingerprint density at radius 1 is 0.564 bits per heavy atom. The summed E-state index contributed by atoms with van der Waals surface area (Å²) in [7, 11) is 0. The van der Waals surface area contributed by atoms with E-state index in [1.165, 1.54) is 13.8 Å². The molecule has 94 heavy (non-hydrogen) atoms. The Balaban J connectivity index is 0.787. The van der Waals surface area contributed by atoms with E-state index in [1.54, 1.807) is 6.92 Å². The van der Waals surface area contributed by atoms with E-state index in [4.69, 9.17) is 56.8 Å². The summed E-state index contributed by atoms with van der Waals surface area (Å²) in [6.45, 7) is 12.1. The summed E-state index contributed by atoms with van der Waals surface area (Å²) in [5, 5.41) is 200. The first-order valence-corrected chi connectivity index (χ1v) is 33.1. The highest BCUT2D eigenvalue weighted by molar-refractivity contribution is 5.80. The second kappa shape index (κ2) is 26.8. The number of aliphatic hydroxyl groups is 18. The lowest BCUT2D eigenvalue weighted by atomic mass is 9.33. The van der Waals surface area contributed by atoms with Crippen molar-refractivity contribution in [3.8, 4) is 0 Å². The van der Waals surface area contributed by atoms with Crippen molar-refractivity contribution in [1.82, 2.24) is 0 Å². The predicted molar refractivity (Wildman–Crippen MR) is 311 cm³/mol. The molecule has 11 aliphatic rings. The molecule has 37 atom stereocenters. The van der Waals surface area contributed by atoms with Gasteiger partial charge in [0.1, 0.15) is 109 Å². The Kier molecular flexibility index (Phi) is 20.9. The van der Waals surface area contributed by atoms with Crippen molar-refractivity contribution in [2.45, 2.75) is 284 Å². The van der Waals surface area contributed by atoms with Gasteiger partial charge in [0.05, 0.1) is 70.2 Å². The summed E-state index contributed by atoms with van der Waals surface area (Å²) in [5.41, 5.74) is -6.38. The number of fused-ring (bicyclic) bond motifs is 7. The molecule has 4 saturated carbocycles. The Bertz CT molecular complexity index is 2680. The first kappa shape index (κ1) is 73.3. The normalized spacial score (nSPS) is 55.9. The summed E-state index contributed by atoms with van der Waals surface area (Å²) >= 11 is 0. The second-order valence-electron chi connectivity index (χ2n) is 30.8. The van der Waals surface area contributed by atoms with Gasteiger partial charge in [-0.15, -0.1) is 0 Å². The number of carbonyl (C=O) groups is 1. The third-order valence-corrected chi connectivity index (χ3v) is 24.6. The van der Waals surface area contributed by atoms with E-state index in [1.807, 2.05) is 0 Å². The van der Waals surface area contributed by atoms with Gasteiger partial charge in [-0.3, -0.25) is 4.79 Å². The number of allylic oxidation sites excluding steroid dienone is 2. The molecule has 0 aromatic heterocycles. The van der Waals surface area contributed by atoms with Crippen LogP contribution in [-0.2, 0) is 61.6 Å². The van der Waals surface area contributed by atoms with Crippen LogP contribution in [0.1, 0.15) is 107 Å². The van der Waals surface area contributed by atoms with Crippen LogP contribution in [0, 0.1) is 50.2 Å². The zero-order valence-electron chi connectivity index (χ0n) is 54.2. The van der Waals surface area contributed by atoms with Gasteiger partial charge in [-0.1, -0.05) is 53.2 Å². The monoisotopic (exact) mass is 1350 g/mol. The lowest BCUT2D eigenvalue weighted by Crippen LogP contribution is -2.70. The van der Waals surface area contributed by atoms with E-state index in [0.29, 0.717) is 32.1 Å². The Morgan fingerprint density at radius 2 is 1.19 bits per heavy atom. The fraction of sp³-hybridized carbons (Fsp3) is 0.952. The van der Waals surface area contributed by atoms with E-state index in [2.05, 4.69) is 40.7 Å².